The molecule has 106 valence electrons. The van der Waals surface area contributed by atoms with Gasteiger partial charge in [0.05, 0.1) is 0 Å². The Bertz CT molecular complexity index is 416. The molecule has 1 aliphatic rings. The number of ether oxygens (including phenoxy) is 1. The molecule has 1 amide bonds. The van der Waals surface area contributed by atoms with E-state index in [1.54, 1.807) is 5.38 Å². The third kappa shape index (κ3) is 3.99. The molecule has 1 aromatic heterocycles. The van der Waals surface area contributed by atoms with Crippen molar-refractivity contribution in [2.75, 3.05) is 13.2 Å². The first-order chi connectivity index (χ1) is 9.20. The number of aromatic nitrogens is 1. The van der Waals surface area contributed by atoms with Crippen molar-refractivity contribution in [1.29, 1.82) is 0 Å². The van der Waals surface area contributed by atoms with Crippen molar-refractivity contribution in [2.24, 2.45) is 0 Å². The molecule has 1 fully saturated rings. The van der Waals surface area contributed by atoms with Gasteiger partial charge < -0.3 is 15.2 Å². The summed E-state index contributed by atoms with van der Waals surface area (Å²) in [6, 6.07) is 0.0486. The van der Waals surface area contributed by atoms with Crippen LogP contribution >= 0.6 is 11.3 Å². The fraction of sp³-hybridized carbons (Fsp3) is 0.692. The van der Waals surface area contributed by atoms with E-state index in [1.165, 1.54) is 11.3 Å². The molecule has 0 aliphatic carbocycles. The summed E-state index contributed by atoms with van der Waals surface area (Å²) in [7, 11) is 0. The van der Waals surface area contributed by atoms with Gasteiger partial charge in [-0.25, -0.2) is 4.98 Å². The van der Waals surface area contributed by atoms with Crippen LogP contribution < -0.4 is 5.32 Å². The lowest BCUT2D eigenvalue weighted by atomic mass is 10.2. The highest BCUT2D eigenvalue weighted by Gasteiger charge is 2.22. The number of nitrogens with one attached hydrogen (secondary N) is 1. The van der Waals surface area contributed by atoms with Crippen molar-refractivity contribution in [2.45, 2.75) is 44.8 Å². The van der Waals surface area contributed by atoms with E-state index < -0.39 is 0 Å². The largest absolute Gasteiger partial charge is 0.396 e. The van der Waals surface area contributed by atoms with Gasteiger partial charge >= 0.3 is 0 Å². The molecule has 2 atom stereocenters. The van der Waals surface area contributed by atoms with Crippen LogP contribution in [0.3, 0.4) is 0 Å². The number of carbonyl (C=O) groups is 1. The van der Waals surface area contributed by atoms with Gasteiger partial charge in [0.15, 0.2) is 0 Å². The first-order valence-electron chi connectivity index (χ1n) is 6.69. The van der Waals surface area contributed by atoms with Crippen LogP contribution in [0.5, 0.6) is 0 Å². The molecule has 19 heavy (non-hydrogen) atoms. The second kappa shape index (κ2) is 6.98. The fourth-order valence-corrected chi connectivity index (χ4v) is 2.96. The molecule has 2 unspecified atom stereocenters. The molecule has 1 aliphatic heterocycles. The lowest BCUT2D eigenvalue weighted by molar-refractivity contribution is 0.0929. The van der Waals surface area contributed by atoms with E-state index in [2.05, 4.69) is 10.3 Å². The number of aliphatic hydroxyl groups excluding tert-OH is 1. The molecule has 0 bridgehead atoms. The molecule has 0 radical (unpaired) electrons. The van der Waals surface area contributed by atoms with Gasteiger partial charge in [0.2, 0.25) is 0 Å². The predicted molar refractivity (Wildman–Crippen MR) is 73.3 cm³/mol. The Morgan fingerprint density at radius 2 is 2.58 bits per heavy atom. The maximum Gasteiger partial charge on any atom is 0.270 e. The average Bonchev–Trinajstić information content (AvgIpc) is 3.05. The van der Waals surface area contributed by atoms with Gasteiger partial charge in [0, 0.05) is 24.6 Å². The van der Waals surface area contributed by atoms with Crippen molar-refractivity contribution in [1.82, 2.24) is 10.3 Å². The van der Waals surface area contributed by atoms with Crippen LogP contribution in [-0.2, 0) is 4.74 Å². The van der Waals surface area contributed by atoms with E-state index in [4.69, 9.17) is 9.84 Å². The van der Waals surface area contributed by atoms with Crippen molar-refractivity contribution in [3.63, 3.8) is 0 Å². The molecule has 1 aromatic rings. The molecule has 0 aromatic carbocycles. The van der Waals surface area contributed by atoms with Crippen LogP contribution in [0.1, 0.15) is 54.2 Å². The number of thiazole rings is 1. The zero-order valence-corrected chi connectivity index (χ0v) is 11.9. The first kappa shape index (κ1) is 14.4. The lowest BCUT2D eigenvalue weighted by Crippen LogP contribution is -2.32. The van der Waals surface area contributed by atoms with Crippen LogP contribution in [0, 0.1) is 0 Å². The predicted octanol–water partition coefficient (Wildman–Crippen LogP) is 1.89. The van der Waals surface area contributed by atoms with E-state index in [1.807, 2.05) is 6.92 Å². The standard InChI is InChI=1S/C13H20N2O3S/c1-9(4-2-6-16)14-12(17)10-8-19-13(15-10)11-5-3-7-18-11/h8-9,11,16H,2-7H2,1H3,(H,14,17). The van der Waals surface area contributed by atoms with Crippen molar-refractivity contribution in [3.8, 4) is 0 Å². The number of amides is 1. The molecule has 0 spiro atoms. The van der Waals surface area contributed by atoms with Crippen LogP contribution in [0.15, 0.2) is 5.38 Å². The third-order valence-electron chi connectivity index (χ3n) is 3.13. The molecule has 2 heterocycles. The van der Waals surface area contributed by atoms with Gasteiger partial charge in [-0.1, -0.05) is 0 Å². The minimum atomic E-state index is -0.147. The average molecular weight is 284 g/mol. The highest BCUT2D eigenvalue weighted by molar-refractivity contribution is 7.09. The van der Waals surface area contributed by atoms with Gasteiger partial charge in [-0.15, -0.1) is 11.3 Å². The number of carbonyl (C=O) groups excluding carboxylic acids is 1. The maximum absolute atomic E-state index is 12.0. The Morgan fingerprint density at radius 3 is 3.26 bits per heavy atom. The Labute approximate surface area is 117 Å². The number of hydrogen-bond donors (Lipinski definition) is 2. The molecule has 2 rings (SSSR count). The Hall–Kier alpha value is -0.980. The lowest BCUT2D eigenvalue weighted by Gasteiger charge is -2.11. The molecular formula is C13H20N2O3S. The quantitative estimate of drug-likeness (QED) is 0.836. The van der Waals surface area contributed by atoms with Crippen LogP contribution in [-0.4, -0.2) is 35.3 Å². The van der Waals surface area contributed by atoms with E-state index >= 15 is 0 Å². The highest BCUT2D eigenvalue weighted by atomic mass is 32.1. The highest BCUT2D eigenvalue weighted by Crippen LogP contribution is 2.30. The molecule has 1 saturated heterocycles. The number of hydrogen-bond acceptors (Lipinski definition) is 5. The van der Waals surface area contributed by atoms with E-state index in [9.17, 15) is 4.79 Å². The molecule has 0 saturated carbocycles. The van der Waals surface area contributed by atoms with Gasteiger partial charge in [0.25, 0.3) is 5.91 Å². The Kier molecular flexibility index (Phi) is 5.30. The summed E-state index contributed by atoms with van der Waals surface area (Å²) in [5.41, 5.74) is 0.464. The van der Waals surface area contributed by atoms with E-state index in [-0.39, 0.29) is 24.7 Å². The summed E-state index contributed by atoms with van der Waals surface area (Å²) in [5.74, 6) is -0.147. The molecule has 6 heteroatoms. The number of aliphatic hydroxyl groups is 1. The molecule has 5 nitrogen and oxygen atoms in total. The van der Waals surface area contributed by atoms with Gasteiger partial charge in [-0.3, -0.25) is 4.79 Å². The number of rotatable bonds is 6. The van der Waals surface area contributed by atoms with Crippen molar-refractivity contribution < 1.29 is 14.6 Å². The summed E-state index contributed by atoms with van der Waals surface area (Å²) in [6.07, 6.45) is 3.58. The first-order valence-corrected chi connectivity index (χ1v) is 7.57. The van der Waals surface area contributed by atoms with Gasteiger partial charge in [0.1, 0.15) is 16.8 Å². The zero-order chi connectivity index (χ0) is 13.7. The number of nitrogens with zero attached hydrogens (tertiary/aromatic N) is 1. The summed E-state index contributed by atoms with van der Waals surface area (Å²) in [6.45, 7) is 2.87. The van der Waals surface area contributed by atoms with Crippen molar-refractivity contribution >= 4 is 17.2 Å². The topological polar surface area (TPSA) is 71.5 Å². The van der Waals surface area contributed by atoms with Gasteiger partial charge in [-0.2, -0.15) is 0 Å². The second-order valence-electron chi connectivity index (χ2n) is 4.81. The minimum absolute atomic E-state index is 0.0486. The smallest absolute Gasteiger partial charge is 0.270 e. The van der Waals surface area contributed by atoms with Crippen LogP contribution in [0.25, 0.3) is 0 Å². The van der Waals surface area contributed by atoms with Crippen molar-refractivity contribution in [3.05, 3.63) is 16.1 Å². The van der Waals surface area contributed by atoms with Crippen LogP contribution in [0.4, 0.5) is 0 Å². The SMILES string of the molecule is CC(CCCO)NC(=O)c1csc(C2CCCO2)n1. The Balaban J connectivity index is 1.88. The zero-order valence-electron chi connectivity index (χ0n) is 11.1. The van der Waals surface area contributed by atoms with E-state index in [0.717, 1.165) is 30.9 Å². The second-order valence-corrected chi connectivity index (χ2v) is 5.70. The Morgan fingerprint density at radius 1 is 1.74 bits per heavy atom. The van der Waals surface area contributed by atoms with E-state index in [0.29, 0.717) is 12.1 Å². The van der Waals surface area contributed by atoms with Gasteiger partial charge in [-0.05, 0) is 32.6 Å². The maximum atomic E-state index is 12.0. The minimum Gasteiger partial charge on any atom is -0.396 e. The van der Waals surface area contributed by atoms with Crippen LogP contribution in [0.2, 0.25) is 0 Å². The summed E-state index contributed by atoms with van der Waals surface area (Å²) in [5, 5.41) is 14.3. The normalized spacial score (nSPS) is 20.4. The molecule has 2 N–H and O–H groups in total. The summed E-state index contributed by atoms with van der Waals surface area (Å²) < 4.78 is 5.55. The monoisotopic (exact) mass is 284 g/mol. The third-order valence-corrected chi connectivity index (χ3v) is 4.07. The fourth-order valence-electron chi connectivity index (χ4n) is 2.08. The summed E-state index contributed by atoms with van der Waals surface area (Å²) >= 11 is 1.48. The summed E-state index contributed by atoms with van der Waals surface area (Å²) in [4.78, 5) is 16.3. The molecular weight excluding hydrogens is 264 g/mol.